The summed E-state index contributed by atoms with van der Waals surface area (Å²) < 4.78 is 12.8. The molecular weight excluding hydrogens is 206 g/mol. The third-order valence-electron chi connectivity index (χ3n) is 2.19. The quantitative estimate of drug-likeness (QED) is 0.662. The molecule has 0 N–H and O–H groups in total. The van der Waals surface area contributed by atoms with E-state index >= 15 is 0 Å². The molecule has 0 spiro atoms. The maximum Gasteiger partial charge on any atom is 0.181 e. The topological polar surface area (TPSA) is 40.5 Å². The Balaban J connectivity index is 2.41. The van der Waals surface area contributed by atoms with Crippen LogP contribution in [-0.4, -0.2) is 24.1 Å². The maximum atomic E-state index is 10.9. The molecule has 0 saturated heterocycles. The molecule has 90 valence electrons. The molecule has 4 heteroatoms. The van der Waals surface area contributed by atoms with Crippen LogP contribution in [0.2, 0.25) is 0 Å². The number of pyridine rings is 1. The Morgan fingerprint density at radius 3 is 2.25 bits per heavy atom. The first-order chi connectivity index (χ1) is 7.76. The van der Waals surface area contributed by atoms with Crippen molar-refractivity contribution in [2.75, 3.05) is 13.2 Å². The van der Waals surface area contributed by atoms with E-state index in [9.17, 15) is 4.79 Å². The summed E-state index contributed by atoms with van der Waals surface area (Å²) in [6.07, 6.45) is 4.17. The summed E-state index contributed by atoms with van der Waals surface area (Å²) in [7, 11) is 0. The summed E-state index contributed by atoms with van der Waals surface area (Å²) in [5, 5.41) is 0. The zero-order valence-electron chi connectivity index (χ0n) is 9.89. The van der Waals surface area contributed by atoms with Gasteiger partial charge in [0.1, 0.15) is 0 Å². The second-order valence-electron chi connectivity index (χ2n) is 3.40. The standard InChI is InChI=1S/C12H19NO3/c1-3-15-12(16-4-2)7-10-13-8-5-11(14)6-9-13/h5-6,8-9,12H,3-4,7,10H2,1-2H3. The lowest BCUT2D eigenvalue weighted by molar-refractivity contribution is -0.140. The Labute approximate surface area is 95.8 Å². The normalized spacial score (nSPS) is 10.9. The molecule has 1 heterocycles. The number of aromatic nitrogens is 1. The smallest absolute Gasteiger partial charge is 0.181 e. The van der Waals surface area contributed by atoms with E-state index in [1.54, 1.807) is 24.5 Å². The van der Waals surface area contributed by atoms with Gasteiger partial charge in [-0.3, -0.25) is 4.79 Å². The van der Waals surface area contributed by atoms with E-state index in [0.29, 0.717) is 13.2 Å². The van der Waals surface area contributed by atoms with Gasteiger partial charge in [0.2, 0.25) is 0 Å². The largest absolute Gasteiger partial charge is 0.354 e. The molecule has 1 aromatic heterocycles. The molecule has 16 heavy (non-hydrogen) atoms. The highest BCUT2D eigenvalue weighted by molar-refractivity contribution is 4.93. The van der Waals surface area contributed by atoms with Gasteiger partial charge in [0.05, 0.1) is 0 Å². The summed E-state index contributed by atoms with van der Waals surface area (Å²) in [4.78, 5) is 10.9. The van der Waals surface area contributed by atoms with Crippen molar-refractivity contribution in [3.8, 4) is 0 Å². The van der Waals surface area contributed by atoms with Crippen LogP contribution < -0.4 is 5.43 Å². The van der Waals surface area contributed by atoms with Gasteiger partial charge >= 0.3 is 0 Å². The lowest BCUT2D eigenvalue weighted by atomic mass is 10.4. The maximum absolute atomic E-state index is 10.9. The minimum Gasteiger partial charge on any atom is -0.354 e. The van der Waals surface area contributed by atoms with Crippen molar-refractivity contribution in [2.45, 2.75) is 33.1 Å². The lowest BCUT2D eigenvalue weighted by Gasteiger charge is -2.17. The molecule has 0 aromatic carbocycles. The summed E-state index contributed by atoms with van der Waals surface area (Å²) in [6, 6.07) is 3.10. The van der Waals surface area contributed by atoms with E-state index in [-0.39, 0.29) is 11.7 Å². The van der Waals surface area contributed by atoms with E-state index in [4.69, 9.17) is 9.47 Å². The Hall–Kier alpha value is -1.13. The Kier molecular flexibility index (Phi) is 5.82. The molecule has 0 radical (unpaired) electrons. The predicted molar refractivity (Wildman–Crippen MR) is 62.4 cm³/mol. The lowest BCUT2D eigenvalue weighted by Crippen LogP contribution is -2.19. The van der Waals surface area contributed by atoms with E-state index in [1.165, 1.54) is 0 Å². The summed E-state index contributed by atoms with van der Waals surface area (Å²) in [5.41, 5.74) is 0.0300. The highest BCUT2D eigenvalue weighted by atomic mass is 16.7. The van der Waals surface area contributed by atoms with Crippen LogP contribution in [0.1, 0.15) is 20.3 Å². The zero-order valence-corrected chi connectivity index (χ0v) is 9.89. The molecule has 0 fully saturated rings. The molecule has 1 rings (SSSR count). The minimum atomic E-state index is -0.158. The first-order valence-electron chi connectivity index (χ1n) is 5.65. The van der Waals surface area contributed by atoms with Crippen molar-refractivity contribution in [3.05, 3.63) is 34.7 Å². The van der Waals surface area contributed by atoms with E-state index < -0.39 is 0 Å². The monoisotopic (exact) mass is 225 g/mol. The van der Waals surface area contributed by atoms with Gasteiger partial charge in [-0.2, -0.15) is 0 Å². The molecule has 0 unspecified atom stereocenters. The zero-order chi connectivity index (χ0) is 11.8. The summed E-state index contributed by atoms with van der Waals surface area (Å²) >= 11 is 0. The van der Waals surface area contributed by atoms with Crippen molar-refractivity contribution in [2.24, 2.45) is 0 Å². The summed E-state index contributed by atoms with van der Waals surface area (Å²) in [5.74, 6) is 0. The number of rotatable bonds is 7. The van der Waals surface area contributed by atoms with Crippen molar-refractivity contribution in [3.63, 3.8) is 0 Å². The van der Waals surface area contributed by atoms with Crippen LogP contribution in [0.3, 0.4) is 0 Å². The van der Waals surface area contributed by atoms with Crippen LogP contribution in [0.5, 0.6) is 0 Å². The van der Waals surface area contributed by atoms with Crippen molar-refractivity contribution in [1.82, 2.24) is 4.57 Å². The Bertz CT molecular complexity index is 322. The first-order valence-corrected chi connectivity index (χ1v) is 5.65. The highest BCUT2D eigenvalue weighted by Crippen LogP contribution is 2.03. The second-order valence-corrected chi connectivity index (χ2v) is 3.40. The number of hydrogen-bond acceptors (Lipinski definition) is 3. The Morgan fingerprint density at radius 1 is 1.19 bits per heavy atom. The first kappa shape index (κ1) is 12.9. The predicted octanol–water partition coefficient (Wildman–Crippen LogP) is 1.64. The molecule has 0 bridgehead atoms. The second kappa shape index (κ2) is 7.19. The number of aryl methyl sites for hydroxylation is 1. The van der Waals surface area contributed by atoms with E-state index in [0.717, 1.165) is 13.0 Å². The molecule has 0 saturated carbocycles. The molecule has 0 amide bonds. The van der Waals surface area contributed by atoms with Crippen LogP contribution in [-0.2, 0) is 16.0 Å². The van der Waals surface area contributed by atoms with Crippen LogP contribution in [0.4, 0.5) is 0 Å². The Morgan fingerprint density at radius 2 is 1.75 bits per heavy atom. The van der Waals surface area contributed by atoms with Crippen LogP contribution in [0.15, 0.2) is 29.3 Å². The van der Waals surface area contributed by atoms with Crippen molar-refractivity contribution >= 4 is 0 Å². The van der Waals surface area contributed by atoms with Crippen molar-refractivity contribution < 1.29 is 9.47 Å². The molecule has 0 aliphatic heterocycles. The van der Waals surface area contributed by atoms with Crippen LogP contribution >= 0.6 is 0 Å². The molecular formula is C12H19NO3. The van der Waals surface area contributed by atoms with Gasteiger partial charge in [-0.05, 0) is 13.8 Å². The van der Waals surface area contributed by atoms with Crippen LogP contribution in [0, 0.1) is 0 Å². The van der Waals surface area contributed by atoms with Gasteiger partial charge in [0.15, 0.2) is 11.7 Å². The van der Waals surface area contributed by atoms with Gasteiger partial charge in [0, 0.05) is 50.7 Å². The van der Waals surface area contributed by atoms with E-state index in [2.05, 4.69) is 0 Å². The fraction of sp³-hybridized carbons (Fsp3) is 0.583. The third-order valence-corrected chi connectivity index (χ3v) is 2.19. The fourth-order valence-electron chi connectivity index (χ4n) is 1.43. The molecule has 1 aromatic rings. The molecule has 0 atom stereocenters. The van der Waals surface area contributed by atoms with Gasteiger partial charge in [-0.1, -0.05) is 0 Å². The van der Waals surface area contributed by atoms with Crippen LogP contribution in [0.25, 0.3) is 0 Å². The molecule has 0 aliphatic rings. The molecule has 0 aliphatic carbocycles. The van der Waals surface area contributed by atoms with Gasteiger partial charge in [0.25, 0.3) is 0 Å². The van der Waals surface area contributed by atoms with E-state index in [1.807, 2.05) is 18.4 Å². The van der Waals surface area contributed by atoms with Gasteiger partial charge < -0.3 is 14.0 Å². The van der Waals surface area contributed by atoms with Gasteiger partial charge in [-0.15, -0.1) is 0 Å². The molecule has 4 nitrogen and oxygen atoms in total. The average Bonchev–Trinajstić information content (AvgIpc) is 2.29. The third kappa shape index (κ3) is 4.59. The average molecular weight is 225 g/mol. The van der Waals surface area contributed by atoms with Crippen molar-refractivity contribution in [1.29, 1.82) is 0 Å². The number of ether oxygens (including phenoxy) is 2. The SMILES string of the molecule is CCOC(CCn1ccc(=O)cc1)OCC. The van der Waals surface area contributed by atoms with Gasteiger partial charge in [-0.25, -0.2) is 0 Å². The number of hydrogen-bond donors (Lipinski definition) is 0. The summed E-state index contributed by atoms with van der Waals surface area (Å²) in [6.45, 7) is 5.98. The minimum absolute atomic E-state index is 0.0300. The number of nitrogens with zero attached hydrogens (tertiary/aromatic N) is 1. The fourth-order valence-corrected chi connectivity index (χ4v) is 1.43. The highest BCUT2D eigenvalue weighted by Gasteiger charge is 2.06.